The number of hydrogen-bond donors (Lipinski definition) is 3. The molecule has 0 amide bonds. The summed E-state index contributed by atoms with van der Waals surface area (Å²) >= 11 is 0. The fourth-order valence-corrected chi connectivity index (χ4v) is 3.03. The Kier molecular flexibility index (Phi) is 5.48. The average Bonchev–Trinajstić information content (AvgIpc) is 2.46. The van der Waals surface area contributed by atoms with Crippen molar-refractivity contribution in [3.8, 4) is 5.75 Å². The Balaban J connectivity index is 2.11. The largest absolute Gasteiger partial charge is 0.507 e. The van der Waals surface area contributed by atoms with E-state index in [4.69, 9.17) is 0 Å². The molecule has 4 nitrogen and oxygen atoms in total. The van der Waals surface area contributed by atoms with E-state index >= 15 is 0 Å². The van der Waals surface area contributed by atoms with Gasteiger partial charge in [-0.25, -0.2) is 0 Å². The smallest absolute Gasteiger partial charge is 0.125 e. The molecule has 1 fully saturated rings. The third-order valence-electron chi connectivity index (χ3n) is 4.38. The van der Waals surface area contributed by atoms with Crippen molar-refractivity contribution in [2.45, 2.75) is 45.6 Å². The lowest BCUT2D eigenvalue weighted by Crippen LogP contribution is -2.44. The summed E-state index contributed by atoms with van der Waals surface area (Å²) < 4.78 is 0. The van der Waals surface area contributed by atoms with Gasteiger partial charge in [0.15, 0.2) is 0 Å². The molecule has 0 aliphatic carbocycles. The summed E-state index contributed by atoms with van der Waals surface area (Å²) in [7, 11) is 0. The third-order valence-corrected chi connectivity index (χ3v) is 4.38. The van der Waals surface area contributed by atoms with Crippen molar-refractivity contribution in [1.82, 2.24) is 10.2 Å². The second-order valence-electron chi connectivity index (χ2n) is 7.40. The van der Waals surface area contributed by atoms with Gasteiger partial charge in [-0.1, -0.05) is 32.4 Å². The van der Waals surface area contributed by atoms with Crippen LogP contribution in [0.15, 0.2) is 12.1 Å². The number of phenols is 1. The fourth-order valence-electron chi connectivity index (χ4n) is 3.03. The van der Waals surface area contributed by atoms with E-state index in [1.54, 1.807) is 0 Å². The van der Waals surface area contributed by atoms with Crippen LogP contribution in [0.25, 0.3) is 0 Å². The van der Waals surface area contributed by atoms with Gasteiger partial charge in [0.05, 0.1) is 6.10 Å². The molecular weight excluding hydrogens is 276 g/mol. The molecule has 1 atom stereocenters. The van der Waals surface area contributed by atoms with Gasteiger partial charge in [-0.05, 0) is 30.4 Å². The van der Waals surface area contributed by atoms with Crippen LogP contribution < -0.4 is 5.32 Å². The normalized spacial score (nSPS) is 18.4. The third kappa shape index (κ3) is 4.22. The number of benzene rings is 1. The van der Waals surface area contributed by atoms with Crippen molar-refractivity contribution in [2.24, 2.45) is 0 Å². The van der Waals surface area contributed by atoms with Gasteiger partial charge in [-0.15, -0.1) is 0 Å². The molecule has 0 spiro atoms. The molecule has 1 unspecified atom stereocenters. The number of hydrogen-bond acceptors (Lipinski definition) is 4. The number of nitrogens with zero attached hydrogens (tertiary/aromatic N) is 1. The number of aromatic hydroxyl groups is 1. The molecule has 22 heavy (non-hydrogen) atoms. The van der Waals surface area contributed by atoms with E-state index in [9.17, 15) is 10.2 Å². The van der Waals surface area contributed by atoms with Crippen LogP contribution in [0.3, 0.4) is 0 Å². The molecule has 124 valence electrons. The molecule has 1 aliphatic rings. The van der Waals surface area contributed by atoms with Crippen LogP contribution in [0, 0.1) is 6.92 Å². The Morgan fingerprint density at radius 2 is 1.86 bits per heavy atom. The van der Waals surface area contributed by atoms with Crippen LogP contribution in [-0.4, -0.2) is 47.8 Å². The number of phenolic OH excluding ortho intramolecular Hbond substituents is 1. The molecule has 1 aromatic carbocycles. The Hall–Kier alpha value is -1.10. The molecule has 1 aromatic rings. The van der Waals surface area contributed by atoms with E-state index in [1.165, 1.54) is 0 Å². The lowest BCUT2D eigenvalue weighted by Gasteiger charge is -2.28. The van der Waals surface area contributed by atoms with E-state index in [1.807, 2.05) is 19.1 Å². The number of piperazine rings is 1. The summed E-state index contributed by atoms with van der Waals surface area (Å²) in [6.45, 7) is 13.2. The van der Waals surface area contributed by atoms with Crippen molar-refractivity contribution >= 4 is 0 Å². The number of aliphatic hydroxyl groups is 1. The van der Waals surface area contributed by atoms with Crippen molar-refractivity contribution in [2.75, 3.05) is 32.7 Å². The van der Waals surface area contributed by atoms with Gasteiger partial charge >= 0.3 is 0 Å². The molecule has 1 aliphatic heterocycles. The van der Waals surface area contributed by atoms with Gasteiger partial charge in [-0.3, -0.25) is 0 Å². The molecule has 4 heteroatoms. The topological polar surface area (TPSA) is 55.7 Å². The quantitative estimate of drug-likeness (QED) is 0.799. The highest BCUT2D eigenvalue weighted by Gasteiger charge is 2.24. The minimum Gasteiger partial charge on any atom is -0.507 e. The SMILES string of the molecule is Cc1cc(C(O)CCN2CCNCC2)c(O)c(C(C)(C)C)c1. The van der Waals surface area contributed by atoms with Crippen LogP contribution in [0.4, 0.5) is 0 Å². The van der Waals surface area contributed by atoms with Gasteiger partial charge in [-0.2, -0.15) is 0 Å². The molecule has 0 saturated carbocycles. The maximum Gasteiger partial charge on any atom is 0.125 e. The lowest BCUT2D eigenvalue weighted by atomic mass is 9.83. The first-order valence-electron chi connectivity index (χ1n) is 8.24. The monoisotopic (exact) mass is 306 g/mol. The average molecular weight is 306 g/mol. The summed E-state index contributed by atoms with van der Waals surface area (Å²) in [6, 6.07) is 3.93. The zero-order chi connectivity index (χ0) is 16.3. The summed E-state index contributed by atoms with van der Waals surface area (Å²) in [5.41, 5.74) is 2.52. The Morgan fingerprint density at radius 1 is 1.23 bits per heavy atom. The molecule has 1 saturated heterocycles. The zero-order valence-electron chi connectivity index (χ0n) is 14.3. The lowest BCUT2D eigenvalue weighted by molar-refractivity contribution is 0.134. The first kappa shape index (κ1) is 17.3. The highest BCUT2D eigenvalue weighted by Crippen LogP contribution is 2.37. The van der Waals surface area contributed by atoms with Crippen molar-refractivity contribution in [3.63, 3.8) is 0 Å². The standard InChI is InChI=1S/C18H30N2O2/c1-13-11-14(17(22)15(12-13)18(2,3)4)16(21)5-8-20-9-6-19-7-10-20/h11-12,16,19,21-22H,5-10H2,1-4H3. The summed E-state index contributed by atoms with van der Waals surface area (Å²) in [5, 5.41) is 24.4. The maximum absolute atomic E-state index is 10.6. The molecular formula is C18H30N2O2. The first-order chi connectivity index (χ1) is 10.3. The highest BCUT2D eigenvalue weighted by molar-refractivity contribution is 5.47. The predicted octanol–water partition coefficient (Wildman–Crippen LogP) is 2.33. The van der Waals surface area contributed by atoms with E-state index in [0.29, 0.717) is 12.0 Å². The second-order valence-corrected chi connectivity index (χ2v) is 7.40. The number of nitrogens with one attached hydrogen (secondary N) is 1. The number of aliphatic hydroxyl groups excluding tert-OH is 1. The van der Waals surface area contributed by atoms with Gasteiger partial charge in [0.2, 0.25) is 0 Å². The first-order valence-corrected chi connectivity index (χ1v) is 8.24. The van der Waals surface area contributed by atoms with Gasteiger partial charge in [0.1, 0.15) is 5.75 Å². The van der Waals surface area contributed by atoms with Crippen molar-refractivity contribution in [1.29, 1.82) is 0 Å². The van der Waals surface area contributed by atoms with Crippen molar-refractivity contribution < 1.29 is 10.2 Å². The van der Waals surface area contributed by atoms with Crippen LogP contribution in [0.1, 0.15) is 50.0 Å². The second kappa shape index (κ2) is 6.99. The fraction of sp³-hybridized carbons (Fsp3) is 0.667. The summed E-state index contributed by atoms with van der Waals surface area (Å²) in [5.74, 6) is 0.255. The molecule has 1 heterocycles. The van der Waals surface area contributed by atoms with Gasteiger partial charge < -0.3 is 20.4 Å². The van der Waals surface area contributed by atoms with Gasteiger partial charge in [0.25, 0.3) is 0 Å². The minimum absolute atomic E-state index is 0.136. The predicted molar refractivity (Wildman–Crippen MR) is 90.4 cm³/mol. The molecule has 2 rings (SSSR count). The van der Waals surface area contributed by atoms with Gasteiger partial charge in [0, 0.05) is 38.3 Å². The molecule has 0 bridgehead atoms. The number of rotatable bonds is 4. The Bertz CT molecular complexity index is 503. The molecule has 0 radical (unpaired) electrons. The summed E-state index contributed by atoms with van der Waals surface area (Å²) in [4.78, 5) is 2.36. The van der Waals surface area contributed by atoms with E-state index in [0.717, 1.165) is 43.9 Å². The van der Waals surface area contributed by atoms with Crippen LogP contribution in [0.2, 0.25) is 0 Å². The highest BCUT2D eigenvalue weighted by atomic mass is 16.3. The number of aryl methyl sites for hydroxylation is 1. The molecule has 3 N–H and O–H groups in total. The zero-order valence-corrected chi connectivity index (χ0v) is 14.3. The van der Waals surface area contributed by atoms with E-state index in [2.05, 4.69) is 31.0 Å². The van der Waals surface area contributed by atoms with Crippen LogP contribution in [0.5, 0.6) is 5.75 Å². The van der Waals surface area contributed by atoms with E-state index in [-0.39, 0.29) is 11.2 Å². The van der Waals surface area contributed by atoms with E-state index < -0.39 is 6.10 Å². The minimum atomic E-state index is -0.615. The van der Waals surface area contributed by atoms with Crippen molar-refractivity contribution in [3.05, 3.63) is 28.8 Å². The molecule has 0 aromatic heterocycles. The Labute approximate surface area is 134 Å². The summed E-state index contributed by atoms with van der Waals surface area (Å²) in [6.07, 6.45) is 0.0384. The van der Waals surface area contributed by atoms with Crippen LogP contribution >= 0.6 is 0 Å². The Morgan fingerprint density at radius 3 is 2.45 bits per heavy atom. The van der Waals surface area contributed by atoms with Crippen LogP contribution in [-0.2, 0) is 5.41 Å². The maximum atomic E-state index is 10.6.